The van der Waals surface area contributed by atoms with Crippen LogP contribution in [0.5, 0.6) is 5.75 Å². The van der Waals surface area contributed by atoms with E-state index in [1.807, 2.05) is 13.8 Å². The van der Waals surface area contributed by atoms with Gasteiger partial charge in [-0.05, 0) is 50.5 Å². The van der Waals surface area contributed by atoms with Gasteiger partial charge in [0.1, 0.15) is 11.5 Å². The van der Waals surface area contributed by atoms with E-state index in [4.69, 9.17) is 9.84 Å². The van der Waals surface area contributed by atoms with Crippen LogP contribution in [0.1, 0.15) is 27.2 Å². The first kappa shape index (κ1) is 21.0. The molecule has 0 aliphatic carbocycles. The summed E-state index contributed by atoms with van der Waals surface area (Å²) in [6.45, 7) is 6.03. The lowest BCUT2D eigenvalue weighted by Crippen LogP contribution is -2.47. The number of piperidine rings is 1. The number of anilines is 1. The summed E-state index contributed by atoms with van der Waals surface area (Å²) in [5.41, 5.74) is 0.344. The minimum atomic E-state index is -3.86. The van der Waals surface area contributed by atoms with Crippen molar-refractivity contribution in [2.24, 2.45) is 11.8 Å². The number of aliphatic carboxylic acids is 1. The average Bonchev–Trinajstić information content (AvgIpc) is 2.55. The number of likely N-dealkylation sites (tertiary alicyclic amines) is 1. The second kappa shape index (κ2) is 8.60. The predicted octanol–water partition coefficient (Wildman–Crippen LogP) is 1.78. The van der Waals surface area contributed by atoms with Crippen LogP contribution in [0.4, 0.5) is 5.69 Å². The number of rotatable bonds is 7. The van der Waals surface area contributed by atoms with E-state index in [-0.39, 0.29) is 25.1 Å². The van der Waals surface area contributed by atoms with Gasteiger partial charge in [-0.15, -0.1) is 0 Å². The predicted molar refractivity (Wildman–Crippen MR) is 101 cm³/mol. The molecule has 0 spiro atoms. The second-order valence-electron chi connectivity index (χ2n) is 7.10. The zero-order valence-corrected chi connectivity index (χ0v) is 16.5. The van der Waals surface area contributed by atoms with Gasteiger partial charge < -0.3 is 14.7 Å². The van der Waals surface area contributed by atoms with Gasteiger partial charge in [0.2, 0.25) is 15.9 Å². The number of hydrogen-bond donors (Lipinski definition) is 2. The summed E-state index contributed by atoms with van der Waals surface area (Å²) in [5.74, 6) is -2.19. The summed E-state index contributed by atoms with van der Waals surface area (Å²) in [4.78, 5) is 24.9. The Hall–Kier alpha value is -2.29. The summed E-state index contributed by atoms with van der Waals surface area (Å²) in [6.07, 6.45) is 0.338. The number of benzene rings is 1. The molecule has 1 heterocycles. The fourth-order valence-corrected chi connectivity index (χ4v) is 4.16. The van der Waals surface area contributed by atoms with Gasteiger partial charge in [-0.25, -0.2) is 8.42 Å². The van der Waals surface area contributed by atoms with E-state index >= 15 is 0 Å². The van der Waals surface area contributed by atoms with E-state index < -0.39 is 33.6 Å². The van der Waals surface area contributed by atoms with Crippen molar-refractivity contribution in [2.75, 3.05) is 23.6 Å². The van der Waals surface area contributed by atoms with Gasteiger partial charge in [0, 0.05) is 18.8 Å². The highest BCUT2D eigenvalue weighted by Gasteiger charge is 2.34. The third-order valence-corrected chi connectivity index (χ3v) is 5.56. The Morgan fingerprint density at radius 3 is 2.44 bits per heavy atom. The molecule has 2 unspecified atom stereocenters. The van der Waals surface area contributed by atoms with Crippen LogP contribution in [-0.2, 0) is 19.6 Å². The van der Waals surface area contributed by atoms with Crippen molar-refractivity contribution in [1.29, 1.82) is 0 Å². The lowest BCUT2D eigenvalue weighted by molar-refractivity contribution is -0.147. The fraction of sp³-hybridized carbons (Fsp3) is 0.556. The molecule has 1 aliphatic rings. The Balaban J connectivity index is 1.93. The Labute approximate surface area is 159 Å². The molecule has 1 fully saturated rings. The summed E-state index contributed by atoms with van der Waals surface area (Å²) >= 11 is 0. The highest BCUT2D eigenvalue weighted by molar-refractivity contribution is 7.93. The van der Waals surface area contributed by atoms with Gasteiger partial charge in [0.25, 0.3) is 0 Å². The van der Waals surface area contributed by atoms with Crippen LogP contribution in [0.25, 0.3) is 0 Å². The highest BCUT2D eigenvalue weighted by Crippen LogP contribution is 2.24. The van der Waals surface area contributed by atoms with Crippen LogP contribution in [0, 0.1) is 11.8 Å². The number of carbonyl (C=O) groups excluding carboxylic acids is 1. The van der Waals surface area contributed by atoms with Crippen molar-refractivity contribution < 1.29 is 27.9 Å². The van der Waals surface area contributed by atoms with E-state index in [2.05, 4.69) is 4.72 Å². The summed E-state index contributed by atoms with van der Waals surface area (Å²) in [5, 5.41) is 9.13. The first-order chi connectivity index (χ1) is 12.6. The van der Waals surface area contributed by atoms with Crippen molar-refractivity contribution in [2.45, 2.75) is 33.3 Å². The number of hydrogen-bond acceptors (Lipinski definition) is 5. The summed E-state index contributed by atoms with van der Waals surface area (Å²) in [6, 6.07) is 6.44. The van der Waals surface area contributed by atoms with Crippen LogP contribution in [-0.4, -0.2) is 55.2 Å². The maximum absolute atomic E-state index is 12.3. The number of carboxylic acids is 1. The quantitative estimate of drug-likeness (QED) is 0.724. The number of amides is 1. The monoisotopic (exact) mass is 398 g/mol. The van der Waals surface area contributed by atoms with Crippen molar-refractivity contribution in [3.8, 4) is 5.75 Å². The molecule has 9 heteroatoms. The third kappa shape index (κ3) is 6.13. The van der Waals surface area contributed by atoms with Crippen LogP contribution in [0.15, 0.2) is 24.3 Å². The highest BCUT2D eigenvalue weighted by atomic mass is 32.2. The SMILES string of the molecule is CC(C)Oc1ccc(NS(=O)(=O)CC(=O)N2CCC(C(=O)O)C(C)C2)cc1. The second-order valence-corrected chi connectivity index (χ2v) is 8.82. The third-order valence-electron chi connectivity index (χ3n) is 4.39. The van der Waals surface area contributed by atoms with Gasteiger partial charge in [-0.1, -0.05) is 6.92 Å². The van der Waals surface area contributed by atoms with Gasteiger partial charge >= 0.3 is 5.97 Å². The molecule has 1 saturated heterocycles. The number of sulfonamides is 1. The topological polar surface area (TPSA) is 113 Å². The molecule has 0 radical (unpaired) electrons. The molecule has 2 N–H and O–H groups in total. The van der Waals surface area contributed by atoms with Gasteiger partial charge in [-0.3, -0.25) is 14.3 Å². The number of ether oxygens (including phenoxy) is 1. The molecule has 1 amide bonds. The Morgan fingerprint density at radius 2 is 1.93 bits per heavy atom. The molecule has 27 heavy (non-hydrogen) atoms. The van der Waals surface area contributed by atoms with Crippen LogP contribution < -0.4 is 9.46 Å². The normalized spacial score (nSPS) is 20.4. The van der Waals surface area contributed by atoms with E-state index in [0.717, 1.165) is 0 Å². The minimum absolute atomic E-state index is 0.0119. The van der Waals surface area contributed by atoms with Crippen molar-refractivity contribution in [3.05, 3.63) is 24.3 Å². The lowest BCUT2D eigenvalue weighted by atomic mass is 9.87. The molecular weight excluding hydrogens is 372 g/mol. The standard InChI is InChI=1S/C18H26N2O6S/c1-12(2)26-15-6-4-14(5-7-15)19-27(24,25)11-17(21)20-9-8-16(18(22)23)13(3)10-20/h4-7,12-13,16,19H,8-11H2,1-3H3,(H,22,23). The van der Waals surface area contributed by atoms with Gasteiger partial charge in [0.15, 0.2) is 0 Å². The van der Waals surface area contributed by atoms with E-state index in [9.17, 15) is 18.0 Å². The Kier molecular flexibility index (Phi) is 6.69. The average molecular weight is 398 g/mol. The Morgan fingerprint density at radius 1 is 1.30 bits per heavy atom. The fourth-order valence-electron chi connectivity index (χ4n) is 3.08. The minimum Gasteiger partial charge on any atom is -0.491 e. The molecular formula is C18H26N2O6S. The van der Waals surface area contributed by atoms with Crippen molar-refractivity contribution in [1.82, 2.24) is 4.90 Å². The molecule has 1 aromatic carbocycles. The molecule has 1 aliphatic heterocycles. The number of carboxylic acid groups (broad SMARTS) is 1. The molecule has 2 rings (SSSR count). The van der Waals surface area contributed by atoms with E-state index in [0.29, 0.717) is 17.9 Å². The molecule has 0 saturated carbocycles. The molecule has 8 nitrogen and oxygen atoms in total. The number of nitrogens with zero attached hydrogens (tertiary/aromatic N) is 1. The van der Waals surface area contributed by atoms with Crippen LogP contribution in [0.2, 0.25) is 0 Å². The van der Waals surface area contributed by atoms with Crippen molar-refractivity contribution in [3.63, 3.8) is 0 Å². The smallest absolute Gasteiger partial charge is 0.306 e. The first-order valence-electron chi connectivity index (χ1n) is 8.85. The summed E-state index contributed by atoms with van der Waals surface area (Å²) in [7, 11) is -3.86. The van der Waals surface area contributed by atoms with E-state index in [1.165, 1.54) is 4.90 Å². The zero-order chi connectivity index (χ0) is 20.2. The maximum atomic E-state index is 12.3. The van der Waals surface area contributed by atoms with Crippen LogP contribution >= 0.6 is 0 Å². The van der Waals surface area contributed by atoms with Crippen molar-refractivity contribution >= 4 is 27.6 Å². The summed E-state index contributed by atoms with van der Waals surface area (Å²) < 4.78 is 32.5. The Bertz CT molecular complexity index is 776. The zero-order valence-electron chi connectivity index (χ0n) is 15.7. The maximum Gasteiger partial charge on any atom is 0.306 e. The molecule has 1 aromatic rings. The number of nitrogens with one attached hydrogen (secondary N) is 1. The molecule has 2 atom stereocenters. The van der Waals surface area contributed by atoms with Crippen LogP contribution in [0.3, 0.4) is 0 Å². The van der Waals surface area contributed by atoms with Gasteiger partial charge in [0.05, 0.1) is 12.0 Å². The lowest BCUT2D eigenvalue weighted by Gasteiger charge is -2.34. The van der Waals surface area contributed by atoms with Gasteiger partial charge in [-0.2, -0.15) is 0 Å². The number of carbonyl (C=O) groups is 2. The van der Waals surface area contributed by atoms with E-state index in [1.54, 1.807) is 31.2 Å². The first-order valence-corrected chi connectivity index (χ1v) is 10.5. The molecule has 150 valence electrons. The largest absolute Gasteiger partial charge is 0.491 e. The molecule has 0 aromatic heterocycles. The molecule has 0 bridgehead atoms.